The molecule has 150 valence electrons. The molecule has 3 heterocycles. The first-order valence-electron chi connectivity index (χ1n) is 9.46. The Bertz CT molecular complexity index is 1020. The van der Waals surface area contributed by atoms with Crippen molar-refractivity contribution in [2.75, 3.05) is 13.1 Å². The number of aromatic nitrogens is 2. The molecule has 0 saturated carbocycles. The molecule has 1 aliphatic heterocycles. The average Bonchev–Trinajstić information content (AvgIpc) is 3.38. The second-order valence-corrected chi connectivity index (χ2v) is 8.30. The van der Waals surface area contributed by atoms with Gasteiger partial charge in [0.15, 0.2) is 0 Å². The quantitative estimate of drug-likeness (QED) is 0.684. The van der Waals surface area contributed by atoms with Crippen molar-refractivity contribution in [3.8, 4) is 5.69 Å². The van der Waals surface area contributed by atoms with E-state index in [0.717, 1.165) is 24.2 Å². The van der Waals surface area contributed by atoms with E-state index in [0.29, 0.717) is 29.2 Å². The lowest BCUT2D eigenvalue weighted by Crippen LogP contribution is -2.46. The standard InChI is InChI=1S/C21H21ClN4O2S/c1-14-19(12-23-26(14)18-4-2-3-16(22)11-18)21(28)25-8-5-17(6-9-25)24-20(27)15-7-10-29-13-15/h2-4,7,10-13,17H,5-6,8-9H2,1H3,(H,24,27). The lowest BCUT2D eigenvalue weighted by atomic mass is 10.0. The zero-order valence-corrected chi connectivity index (χ0v) is 17.5. The van der Waals surface area contributed by atoms with E-state index in [9.17, 15) is 9.59 Å². The molecule has 1 saturated heterocycles. The summed E-state index contributed by atoms with van der Waals surface area (Å²) in [5.74, 6) is -0.0759. The molecule has 1 fully saturated rings. The van der Waals surface area contributed by atoms with Crippen LogP contribution in [-0.2, 0) is 0 Å². The van der Waals surface area contributed by atoms with Crippen LogP contribution in [0.25, 0.3) is 5.69 Å². The Morgan fingerprint density at radius 3 is 2.72 bits per heavy atom. The number of rotatable bonds is 4. The maximum atomic E-state index is 13.0. The van der Waals surface area contributed by atoms with Crippen LogP contribution in [0.2, 0.25) is 5.02 Å². The highest BCUT2D eigenvalue weighted by Gasteiger charge is 2.27. The normalized spacial score (nSPS) is 14.8. The van der Waals surface area contributed by atoms with E-state index in [-0.39, 0.29) is 17.9 Å². The van der Waals surface area contributed by atoms with Crippen molar-refractivity contribution in [3.63, 3.8) is 0 Å². The van der Waals surface area contributed by atoms with Crippen molar-refractivity contribution >= 4 is 34.8 Å². The van der Waals surface area contributed by atoms with Gasteiger partial charge >= 0.3 is 0 Å². The highest BCUT2D eigenvalue weighted by molar-refractivity contribution is 7.08. The van der Waals surface area contributed by atoms with Crippen LogP contribution in [0.3, 0.4) is 0 Å². The lowest BCUT2D eigenvalue weighted by Gasteiger charge is -2.32. The van der Waals surface area contributed by atoms with Crippen molar-refractivity contribution in [1.29, 1.82) is 0 Å². The molecular weight excluding hydrogens is 408 g/mol. The molecule has 1 aliphatic rings. The largest absolute Gasteiger partial charge is 0.349 e. The molecule has 4 rings (SSSR count). The lowest BCUT2D eigenvalue weighted by molar-refractivity contribution is 0.0697. The summed E-state index contributed by atoms with van der Waals surface area (Å²) in [4.78, 5) is 27.1. The van der Waals surface area contributed by atoms with E-state index in [1.54, 1.807) is 16.9 Å². The molecule has 2 amide bonds. The molecule has 8 heteroatoms. The number of carbonyl (C=O) groups excluding carboxylic acids is 2. The Labute approximate surface area is 178 Å². The summed E-state index contributed by atoms with van der Waals surface area (Å²) in [5, 5.41) is 11.8. The first kappa shape index (κ1) is 19.7. The summed E-state index contributed by atoms with van der Waals surface area (Å²) < 4.78 is 1.73. The van der Waals surface area contributed by atoms with E-state index in [1.807, 2.05) is 46.8 Å². The van der Waals surface area contributed by atoms with Crippen molar-refractivity contribution in [1.82, 2.24) is 20.0 Å². The van der Waals surface area contributed by atoms with Crippen LogP contribution in [0.1, 0.15) is 39.3 Å². The Kier molecular flexibility index (Phi) is 5.69. The van der Waals surface area contributed by atoms with Crippen LogP contribution < -0.4 is 5.32 Å². The van der Waals surface area contributed by atoms with E-state index < -0.39 is 0 Å². The topological polar surface area (TPSA) is 67.2 Å². The van der Waals surface area contributed by atoms with E-state index in [1.165, 1.54) is 11.3 Å². The molecule has 1 aromatic carbocycles. The van der Waals surface area contributed by atoms with E-state index >= 15 is 0 Å². The van der Waals surface area contributed by atoms with Gasteiger partial charge < -0.3 is 10.2 Å². The van der Waals surface area contributed by atoms with Gasteiger partial charge in [-0.05, 0) is 49.4 Å². The van der Waals surface area contributed by atoms with Gasteiger partial charge in [-0.25, -0.2) is 4.68 Å². The summed E-state index contributed by atoms with van der Waals surface area (Å²) in [7, 11) is 0. The fourth-order valence-electron chi connectivity index (χ4n) is 3.55. The molecule has 6 nitrogen and oxygen atoms in total. The number of nitrogens with one attached hydrogen (secondary N) is 1. The third kappa shape index (κ3) is 4.21. The number of likely N-dealkylation sites (tertiary alicyclic amines) is 1. The predicted molar refractivity (Wildman–Crippen MR) is 114 cm³/mol. The Hall–Kier alpha value is -2.64. The average molecular weight is 429 g/mol. The molecule has 3 aromatic rings. The van der Waals surface area contributed by atoms with Crippen LogP contribution in [0.15, 0.2) is 47.3 Å². The van der Waals surface area contributed by atoms with Crippen LogP contribution in [-0.4, -0.2) is 45.6 Å². The number of hydrogen-bond donors (Lipinski definition) is 1. The minimum Gasteiger partial charge on any atom is -0.349 e. The number of carbonyl (C=O) groups is 2. The Morgan fingerprint density at radius 1 is 1.24 bits per heavy atom. The second kappa shape index (κ2) is 8.39. The molecule has 0 spiro atoms. The van der Waals surface area contributed by atoms with Gasteiger partial charge in [-0.2, -0.15) is 16.4 Å². The van der Waals surface area contributed by atoms with Gasteiger partial charge in [0, 0.05) is 35.1 Å². The van der Waals surface area contributed by atoms with Gasteiger partial charge in [0.1, 0.15) is 0 Å². The van der Waals surface area contributed by atoms with Gasteiger partial charge in [0.2, 0.25) is 0 Å². The summed E-state index contributed by atoms with van der Waals surface area (Å²) in [6, 6.07) is 9.28. The number of hydrogen-bond acceptors (Lipinski definition) is 4. The van der Waals surface area contributed by atoms with Gasteiger partial charge in [-0.3, -0.25) is 9.59 Å². The minimum atomic E-state index is -0.0466. The number of thiophene rings is 1. The SMILES string of the molecule is Cc1c(C(=O)N2CCC(NC(=O)c3ccsc3)CC2)cnn1-c1cccc(Cl)c1. The summed E-state index contributed by atoms with van der Waals surface area (Å²) >= 11 is 7.58. The van der Waals surface area contributed by atoms with E-state index in [4.69, 9.17) is 11.6 Å². The monoisotopic (exact) mass is 428 g/mol. The first-order valence-corrected chi connectivity index (χ1v) is 10.8. The number of benzene rings is 1. The van der Waals surface area contributed by atoms with Gasteiger partial charge in [-0.15, -0.1) is 0 Å². The summed E-state index contributed by atoms with van der Waals surface area (Å²) in [5.41, 5.74) is 2.89. The minimum absolute atomic E-state index is 0.0293. The molecular formula is C21H21ClN4O2S. The van der Waals surface area contributed by atoms with Crippen LogP contribution >= 0.6 is 22.9 Å². The highest BCUT2D eigenvalue weighted by atomic mass is 35.5. The highest BCUT2D eigenvalue weighted by Crippen LogP contribution is 2.21. The van der Waals surface area contributed by atoms with Crippen LogP contribution in [0.5, 0.6) is 0 Å². The molecule has 1 N–H and O–H groups in total. The van der Waals surface area contributed by atoms with Gasteiger partial charge in [0.25, 0.3) is 11.8 Å². The molecule has 2 aromatic heterocycles. The molecule has 0 bridgehead atoms. The summed E-state index contributed by atoms with van der Waals surface area (Å²) in [6.07, 6.45) is 3.09. The molecule has 29 heavy (non-hydrogen) atoms. The zero-order chi connectivity index (χ0) is 20.4. The van der Waals surface area contributed by atoms with E-state index in [2.05, 4.69) is 10.4 Å². The number of halogens is 1. The molecule has 0 aliphatic carbocycles. The van der Waals surface area contributed by atoms with Gasteiger partial charge in [0.05, 0.1) is 23.1 Å². The number of nitrogens with zero attached hydrogens (tertiary/aromatic N) is 3. The van der Waals surface area contributed by atoms with Crippen LogP contribution in [0, 0.1) is 6.92 Å². The molecule has 0 radical (unpaired) electrons. The summed E-state index contributed by atoms with van der Waals surface area (Å²) in [6.45, 7) is 3.10. The van der Waals surface area contributed by atoms with Crippen molar-refractivity contribution in [2.45, 2.75) is 25.8 Å². The Morgan fingerprint density at radius 2 is 2.03 bits per heavy atom. The van der Waals surface area contributed by atoms with Gasteiger partial charge in [-0.1, -0.05) is 17.7 Å². The fourth-order valence-corrected chi connectivity index (χ4v) is 4.37. The van der Waals surface area contributed by atoms with Crippen molar-refractivity contribution in [3.05, 3.63) is 69.1 Å². The third-order valence-corrected chi connectivity index (χ3v) is 6.11. The number of piperidine rings is 1. The van der Waals surface area contributed by atoms with Crippen molar-refractivity contribution in [2.24, 2.45) is 0 Å². The Balaban J connectivity index is 1.39. The third-order valence-electron chi connectivity index (χ3n) is 5.19. The molecule has 0 unspecified atom stereocenters. The fraction of sp³-hybridized carbons (Fsp3) is 0.286. The smallest absolute Gasteiger partial charge is 0.257 e. The van der Waals surface area contributed by atoms with Crippen LogP contribution in [0.4, 0.5) is 0 Å². The first-order chi connectivity index (χ1) is 14.0. The maximum absolute atomic E-state index is 13.0. The number of amides is 2. The molecule has 0 atom stereocenters. The zero-order valence-electron chi connectivity index (χ0n) is 16.0. The van der Waals surface area contributed by atoms with Crippen molar-refractivity contribution < 1.29 is 9.59 Å². The predicted octanol–water partition coefficient (Wildman–Crippen LogP) is 3.93. The second-order valence-electron chi connectivity index (χ2n) is 7.09. The maximum Gasteiger partial charge on any atom is 0.257 e.